The number of nitrogens with one attached hydrogen (secondary N) is 1. The minimum absolute atomic E-state index is 0.00937. The maximum Gasteiger partial charge on any atom is 0.269 e. The van der Waals surface area contributed by atoms with Crippen LogP contribution in [0.2, 0.25) is 0 Å². The first-order chi connectivity index (χ1) is 9.88. The van der Waals surface area contributed by atoms with Crippen LogP contribution in [0, 0.1) is 24.0 Å². The molecule has 0 fully saturated rings. The molecule has 0 bridgehead atoms. The largest absolute Gasteiger partial charge is 0.379 e. The minimum Gasteiger partial charge on any atom is -0.379 e. The topological polar surface area (TPSA) is 55.2 Å². The monoisotopic (exact) mass is 348 g/mol. The number of nitro benzene ring substituents is 1. The average molecular weight is 349 g/mol. The third-order valence-corrected chi connectivity index (χ3v) is 4.65. The zero-order valence-electron chi connectivity index (χ0n) is 12.2. The molecule has 0 radical (unpaired) electrons. The van der Waals surface area contributed by atoms with E-state index in [-0.39, 0.29) is 16.7 Å². The Balaban J connectivity index is 2.23. The first-order valence-electron chi connectivity index (χ1n) is 6.66. The molecule has 2 aromatic rings. The number of nitrogens with zero attached hydrogens (tertiary/aromatic N) is 1. The summed E-state index contributed by atoms with van der Waals surface area (Å²) in [5, 5.41) is 14.2. The van der Waals surface area contributed by atoms with E-state index in [1.807, 2.05) is 26.8 Å². The number of nitro groups is 1. The number of hydrogen-bond acceptors (Lipinski definition) is 3. The predicted molar refractivity (Wildman–Crippen MR) is 88.8 cm³/mol. The maximum absolute atomic E-state index is 10.8. The normalized spacial score (nSPS) is 12.0. The Hall–Kier alpha value is -1.88. The summed E-state index contributed by atoms with van der Waals surface area (Å²) in [6.45, 7) is 6.08. The van der Waals surface area contributed by atoms with Gasteiger partial charge in [0.1, 0.15) is 0 Å². The highest BCUT2D eigenvalue weighted by Gasteiger charge is 2.11. The molecule has 0 aliphatic heterocycles. The molecule has 0 saturated heterocycles. The lowest BCUT2D eigenvalue weighted by Gasteiger charge is -2.17. The smallest absolute Gasteiger partial charge is 0.269 e. The van der Waals surface area contributed by atoms with Crippen molar-refractivity contribution >= 4 is 27.3 Å². The second kappa shape index (κ2) is 6.26. The van der Waals surface area contributed by atoms with Gasteiger partial charge in [-0.2, -0.15) is 0 Å². The molecule has 1 atom stereocenters. The van der Waals surface area contributed by atoms with Gasteiger partial charge in [-0.15, -0.1) is 0 Å². The standard InChI is InChI=1S/C16H17BrN2O2/c1-10-7-14(8-11(2)16(10)17)18-12(3)13-5-4-6-15(9-13)19(20)21/h4-9,12,18H,1-3H3. The lowest BCUT2D eigenvalue weighted by molar-refractivity contribution is -0.384. The number of halogens is 1. The van der Waals surface area contributed by atoms with Gasteiger partial charge >= 0.3 is 0 Å². The fraction of sp³-hybridized carbons (Fsp3) is 0.250. The van der Waals surface area contributed by atoms with Crippen LogP contribution in [0.4, 0.5) is 11.4 Å². The molecule has 0 amide bonds. The van der Waals surface area contributed by atoms with Gasteiger partial charge in [-0.25, -0.2) is 0 Å². The zero-order chi connectivity index (χ0) is 15.6. The Bertz CT molecular complexity index is 663. The van der Waals surface area contributed by atoms with Gasteiger partial charge in [-0.05, 0) is 49.6 Å². The van der Waals surface area contributed by atoms with Crippen LogP contribution < -0.4 is 5.32 Å². The second-order valence-electron chi connectivity index (χ2n) is 5.14. The highest BCUT2D eigenvalue weighted by Crippen LogP contribution is 2.28. The molecule has 0 aliphatic carbocycles. The van der Waals surface area contributed by atoms with Gasteiger partial charge in [0.25, 0.3) is 5.69 Å². The summed E-state index contributed by atoms with van der Waals surface area (Å²) in [6.07, 6.45) is 0. The Labute approximate surface area is 132 Å². The first-order valence-corrected chi connectivity index (χ1v) is 7.45. The van der Waals surface area contributed by atoms with E-state index in [2.05, 4.69) is 33.4 Å². The van der Waals surface area contributed by atoms with Gasteiger partial charge in [0, 0.05) is 28.3 Å². The summed E-state index contributed by atoms with van der Waals surface area (Å²) in [4.78, 5) is 10.5. The van der Waals surface area contributed by atoms with Crippen molar-refractivity contribution in [2.75, 3.05) is 5.32 Å². The molecular weight excluding hydrogens is 332 g/mol. The van der Waals surface area contributed by atoms with Crippen molar-refractivity contribution in [2.45, 2.75) is 26.8 Å². The van der Waals surface area contributed by atoms with Gasteiger partial charge in [0.2, 0.25) is 0 Å². The molecule has 4 nitrogen and oxygen atoms in total. The van der Waals surface area contributed by atoms with Crippen LogP contribution in [0.3, 0.4) is 0 Å². The molecule has 2 aromatic carbocycles. The lowest BCUT2D eigenvalue weighted by Crippen LogP contribution is -2.07. The summed E-state index contributed by atoms with van der Waals surface area (Å²) in [7, 11) is 0. The predicted octanol–water partition coefficient (Wildman–Crippen LogP) is 5.15. The van der Waals surface area contributed by atoms with Gasteiger partial charge < -0.3 is 5.32 Å². The Kier molecular flexibility index (Phi) is 4.63. The molecule has 0 heterocycles. The van der Waals surface area contributed by atoms with Crippen molar-refractivity contribution in [1.82, 2.24) is 0 Å². The van der Waals surface area contributed by atoms with Crippen molar-refractivity contribution in [3.8, 4) is 0 Å². The Morgan fingerprint density at radius 3 is 2.38 bits per heavy atom. The average Bonchev–Trinajstić information content (AvgIpc) is 2.44. The molecule has 1 unspecified atom stereocenters. The van der Waals surface area contributed by atoms with E-state index in [1.54, 1.807) is 12.1 Å². The third kappa shape index (κ3) is 3.61. The van der Waals surface area contributed by atoms with Crippen LogP contribution in [-0.4, -0.2) is 4.92 Å². The van der Waals surface area contributed by atoms with Crippen molar-refractivity contribution in [3.05, 3.63) is 67.7 Å². The SMILES string of the molecule is Cc1cc(NC(C)c2cccc([N+](=O)[O-])c2)cc(C)c1Br. The number of non-ortho nitro benzene ring substituents is 1. The fourth-order valence-electron chi connectivity index (χ4n) is 2.27. The molecular formula is C16H17BrN2O2. The molecule has 0 aliphatic rings. The van der Waals surface area contributed by atoms with Crippen LogP contribution in [0.1, 0.15) is 29.7 Å². The van der Waals surface area contributed by atoms with E-state index in [1.165, 1.54) is 6.07 Å². The van der Waals surface area contributed by atoms with Gasteiger partial charge in [0.05, 0.1) is 4.92 Å². The molecule has 0 saturated carbocycles. The van der Waals surface area contributed by atoms with E-state index in [9.17, 15) is 10.1 Å². The molecule has 5 heteroatoms. The van der Waals surface area contributed by atoms with E-state index in [0.29, 0.717) is 0 Å². The van der Waals surface area contributed by atoms with Crippen molar-refractivity contribution < 1.29 is 4.92 Å². The van der Waals surface area contributed by atoms with E-state index < -0.39 is 0 Å². The highest BCUT2D eigenvalue weighted by molar-refractivity contribution is 9.10. The van der Waals surface area contributed by atoms with Crippen molar-refractivity contribution in [3.63, 3.8) is 0 Å². The number of benzene rings is 2. The zero-order valence-corrected chi connectivity index (χ0v) is 13.8. The Morgan fingerprint density at radius 2 is 1.81 bits per heavy atom. The fourth-order valence-corrected chi connectivity index (χ4v) is 2.50. The molecule has 0 aromatic heterocycles. The Morgan fingerprint density at radius 1 is 1.19 bits per heavy atom. The molecule has 1 N–H and O–H groups in total. The lowest BCUT2D eigenvalue weighted by atomic mass is 10.1. The molecule has 110 valence electrons. The summed E-state index contributed by atoms with van der Waals surface area (Å²) in [5.41, 5.74) is 4.33. The summed E-state index contributed by atoms with van der Waals surface area (Å²) in [6, 6.07) is 10.8. The molecule has 0 spiro atoms. The van der Waals surface area contributed by atoms with Crippen LogP contribution in [0.25, 0.3) is 0 Å². The highest BCUT2D eigenvalue weighted by atomic mass is 79.9. The van der Waals surface area contributed by atoms with Crippen molar-refractivity contribution in [2.24, 2.45) is 0 Å². The van der Waals surface area contributed by atoms with Crippen LogP contribution in [0.15, 0.2) is 40.9 Å². The molecule has 2 rings (SSSR count). The van der Waals surface area contributed by atoms with Crippen LogP contribution in [0.5, 0.6) is 0 Å². The summed E-state index contributed by atoms with van der Waals surface area (Å²) < 4.78 is 1.11. The van der Waals surface area contributed by atoms with Gasteiger partial charge in [0.15, 0.2) is 0 Å². The summed E-state index contributed by atoms with van der Waals surface area (Å²) in [5.74, 6) is 0. The van der Waals surface area contributed by atoms with Gasteiger partial charge in [-0.1, -0.05) is 28.1 Å². The molecule has 21 heavy (non-hydrogen) atoms. The second-order valence-corrected chi connectivity index (χ2v) is 5.94. The van der Waals surface area contributed by atoms with Crippen molar-refractivity contribution in [1.29, 1.82) is 0 Å². The number of hydrogen-bond donors (Lipinski definition) is 1. The van der Waals surface area contributed by atoms with Crippen LogP contribution in [-0.2, 0) is 0 Å². The van der Waals surface area contributed by atoms with Crippen LogP contribution >= 0.6 is 15.9 Å². The summed E-state index contributed by atoms with van der Waals surface area (Å²) >= 11 is 3.55. The quantitative estimate of drug-likeness (QED) is 0.614. The number of aryl methyl sites for hydroxylation is 2. The third-order valence-electron chi connectivity index (χ3n) is 3.40. The van der Waals surface area contributed by atoms with E-state index in [4.69, 9.17) is 0 Å². The first kappa shape index (κ1) is 15.5. The number of anilines is 1. The maximum atomic E-state index is 10.8. The van der Waals surface area contributed by atoms with E-state index >= 15 is 0 Å². The van der Waals surface area contributed by atoms with Gasteiger partial charge in [-0.3, -0.25) is 10.1 Å². The minimum atomic E-state index is -0.371. The van der Waals surface area contributed by atoms with E-state index in [0.717, 1.165) is 26.9 Å². The number of rotatable bonds is 4.